The highest BCUT2D eigenvalue weighted by Crippen LogP contribution is 2.39. The molecule has 224 valence electrons. The van der Waals surface area contributed by atoms with Crippen LogP contribution >= 0.6 is 7.82 Å². The number of ether oxygens (including phenoxy) is 1. The molecule has 1 atom stereocenters. The maximum Gasteiger partial charge on any atom is 0.472 e. The molecule has 0 aromatic heterocycles. The van der Waals surface area contributed by atoms with Crippen molar-refractivity contribution in [2.24, 2.45) is 0 Å². The number of hydrogen-bond acceptors (Lipinski definition) is 5. The lowest BCUT2D eigenvalue weighted by atomic mass is 9.98. The number of fused-ring (bicyclic) bond motifs is 1. The summed E-state index contributed by atoms with van der Waals surface area (Å²) in [5.74, 6) is -7.42. The Morgan fingerprint density at radius 1 is 1.00 bits per heavy atom. The number of phosphoric acid groups is 1. The molecular weight excluding hydrogens is 592 g/mol. The summed E-state index contributed by atoms with van der Waals surface area (Å²) in [6.45, 7) is -0.607. The second-order valence-corrected chi connectivity index (χ2v) is 10.4. The molecule has 16 heteroatoms. The van der Waals surface area contributed by atoms with Gasteiger partial charge in [-0.3, -0.25) is 9.69 Å². The molecule has 3 amide bonds. The number of carbonyl (C=O) groups excluding carboxylic acids is 2. The minimum absolute atomic E-state index is 0.0579. The third-order valence-corrected chi connectivity index (χ3v) is 7.03. The monoisotopic (exact) mass is 615 g/mol. The average Bonchev–Trinajstić information content (AvgIpc) is 2.91. The number of carbonyl (C=O) groups is 2. The average molecular weight is 615 g/mol. The van der Waals surface area contributed by atoms with E-state index in [1.165, 1.54) is 30.1 Å². The van der Waals surface area contributed by atoms with Gasteiger partial charge < -0.3 is 24.7 Å². The Morgan fingerprint density at radius 3 is 2.31 bits per heavy atom. The second kappa shape index (κ2) is 12.1. The fourth-order valence-electron chi connectivity index (χ4n) is 4.28. The van der Waals surface area contributed by atoms with Crippen LogP contribution in [0.5, 0.6) is 5.75 Å². The molecule has 0 fully saturated rings. The summed E-state index contributed by atoms with van der Waals surface area (Å²) in [5.41, 5.74) is -0.500. The molecule has 3 aromatic rings. The molecule has 1 heterocycles. The molecule has 0 saturated heterocycles. The zero-order valence-corrected chi connectivity index (χ0v) is 22.8. The van der Waals surface area contributed by atoms with Crippen LogP contribution in [-0.4, -0.2) is 40.5 Å². The van der Waals surface area contributed by atoms with Crippen LogP contribution in [0.15, 0.2) is 42.5 Å². The predicted molar refractivity (Wildman–Crippen MR) is 137 cm³/mol. The Balaban J connectivity index is 1.66. The van der Waals surface area contributed by atoms with Crippen LogP contribution < -0.4 is 15.0 Å². The standard InChI is InChI=1S/C26H23F5N3O7P/c1-13-16-4-3-14(25(35)32-10-17-20(29)8-15(27)9-21(17)30)7-22(16)34(26(36)33(13)2)11-18-23(6-5-19(28)24(18)31)40-12-41-42(37,38)39/h3-9,13H,10-12H2,1-2H3,(H,32,35)(H2,37,38,39)/t13-/m0/s1. The molecule has 10 nitrogen and oxygen atoms in total. The molecule has 0 aliphatic carbocycles. The van der Waals surface area contributed by atoms with E-state index in [4.69, 9.17) is 14.5 Å². The highest BCUT2D eigenvalue weighted by atomic mass is 31.2. The van der Waals surface area contributed by atoms with Crippen LogP contribution in [-0.2, 0) is 22.2 Å². The van der Waals surface area contributed by atoms with Gasteiger partial charge in [0.2, 0.25) is 0 Å². The molecule has 0 bridgehead atoms. The Morgan fingerprint density at radius 2 is 1.67 bits per heavy atom. The van der Waals surface area contributed by atoms with Crippen molar-refractivity contribution in [1.82, 2.24) is 10.2 Å². The number of urea groups is 1. The van der Waals surface area contributed by atoms with E-state index >= 15 is 0 Å². The van der Waals surface area contributed by atoms with Crippen molar-refractivity contribution in [3.63, 3.8) is 0 Å². The minimum atomic E-state index is -4.95. The first kappa shape index (κ1) is 30.9. The number of nitrogens with zero attached hydrogens (tertiary/aromatic N) is 2. The maximum absolute atomic E-state index is 15.0. The molecule has 0 unspecified atom stereocenters. The zero-order chi connectivity index (χ0) is 30.9. The molecule has 1 aliphatic rings. The quantitative estimate of drug-likeness (QED) is 0.178. The summed E-state index contributed by atoms with van der Waals surface area (Å²) in [7, 11) is -3.49. The fourth-order valence-corrected chi connectivity index (χ4v) is 4.47. The fraction of sp³-hybridized carbons (Fsp3) is 0.231. The summed E-state index contributed by atoms with van der Waals surface area (Å²) < 4.78 is 90.7. The number of amides is 3. The lowest BCUT2D eigenvalue weighted by Gasteiger charge is -2.40. The largest absolute Gasteiger partial charge is 0.472 e. The van der Waals surface area contributed by atoms with Crippen LogP contribution in [0, 0.1) is 29.1 Å². The highest BCUT2D eigenvalue weighted by molar-refractivity contribution is 7.46. The van der Waals surface area contributed by atoms with Gasteiger partial charge in [0.05, 0.1) is 23.8 Å². The normalized spacial score (nSPS) is 15.1. The molecule has 3 N–H and O–H groups in total. The van der Waals surface area contributed by atoms with E-state index in [2.05, 4.69) is 9.84 Å². The van der Waals surface area contributed by atoms with Crippen molar-refractivity contribution in [3.05, 3.63) is 93.8 Å². The van der Waals surface area contributed by atoms with Gasteiger partial charge in [0.1, 0.15) is 23.2 Å². The van der Waals surface area contributed by atoms with Gasteiger partial charge in [0.15, 0.2) is 18.4 Å². The maximum atomic E-state index is 15.0. The molecule has 0 spiro atoms. The van der Waals surface area contributed by atoms with Crippen molar-refractivity contribution in [1.29, 1.82) is 0 Å². The van der Waals surface area contributed by atoms with E-state index in [-0.39, 0.29) is 17.0 Å². The molecular formula is C26H23F5N3O7P. The van der Waals surface area contributed by atoms with Crippen molar-refractivity contribution in [2.75, 3.05) is 18.7 Å². The van der Waals surface area contributed by atoms with E-state index in [0.29, 0.717) is 23.8 Å². The summed E-state index contributed by atoms with van der Waals surface area (Å²) in [5, 5.41) is 2.32. The SMILES string of the molecule is C[C@H]1c2ccc(C(=O)NCc3c(F)cc(F)cc3F)cc2N(Cc2c(OCOP(=O)(O)O)ccc(F)c2F)C(=O)N1C. The van der Waals surface area contributed by atoms with Crippen molar-refractivity contribution in [2.45, 2.75) is 26.1 Å². The predicted octanol–water partition coefficient (Wildman–Crippen LogP) is 4.89. The van der Waals surface area contributed by atoms with Crippen LogP contribution in [0.3, 0.4) is 0 Å². The summed E-state index contributed by atoms with van der Waals surface area (Å²) in [6.07, 6.45) is 0. The molecule has 0 saturated carbocycles. The first-order valence-electron chi connectivity index (χ1n) is 12.1. The minimum Gasteiger partial charge on any atom is -0.466 e. The topological polar surface area (TPSA) is 129 Å². The molecule has 42 heavy (non-hydrogen) atoms. The van der Waals surface area contributed by atoms with E-state index in [0.717, 1.165) is 11.0 Å². The first-order chi connectivity index (χ1) is 19.7. The van der Waals surface area contributed by atoms with Gasteiger partial charge in [-0.2, -0.15) is 0 Å². The Labute approximate surface area is 235 Å². The zero-order valence-electron chi connectivity index (χ0n) is 21.9. The van der Waals surface area contributed by atoms with Gasteiger partial charge in [-0.05, 0) is 36.8 Å². The molecule has 4 rings (SSSR count). The first-order valence-corrected chi connectivity index (χ1v) is 13.6. The smallest absolute Gasteiger partial charge is 0.466 e. The Bertz CT molecular complexity index is 1580. The third kappa shape index (κ3) is 6.54. The number of nitrogens with one attached hydrogen (secondary N) is 1. The van der Waals surface area contributed by atoms with Crippen LogP contribution in [0.1, 0.15) is 40.0 Å². The summed E-state index contributed by atoms with van der Waals surface area (Å²) in [6, 6.07) is 5.60. The molecule has 1 aliphatic heterocycles. The number of anilines is 1. The van der Waals surface area contributed by atoms with Gasteiger partial charge in [-0.15, -0.1) is 0 Å². The van der Waals surface area contributed by atoms with Crippen LogP contribution in [0.4, 0.5) is 32.4 Å². The van der Waals surface area contributed by atoms with E-state index in [1.807, 2.05) is 0 Å². The Kier molecular flexibility index (Phi) is 8.87. The van der Waals surface area contributed by atoms with Crippen LogP contribution in [0.25, 0.3) is 0 Å². The van der Waals surface area contributed by atoms with E-state index < -0.39 is 85.9 Å². The van der Waals surface area contributed by atoms with Crippen LogP contribution in [0.2, 0.25) is 0 Å². The number of hydrogen-bond donors (Lipinski definition) is 3. The van der Waals surface area contributed by atoms with Gasteiger partial charge >= 0.3 is 13.9 Å². The van der Waals surface area contributed by atoms with Gasteiger partial charge in [0, 0.05) is 36.9 Å². The molecule has 3 aromatic carbocycles. The Hall–Kier alpha value is -4.04. The number of rotatable bonds is 9. The third-order valence-electron chi connectivity index (χ3n) is 6.58. The molecule has 0 radical (unpaired) electrons. The van der Waals surface area contributed by atoms with Gasteiger partial charge in [-0.25, -0.2) is 35.8 Å². The highest BCUT2D eigenvalue weighted by Gasteiger charge is 2.35. The van der Waals surface area contributed by atoms with Crippen molar-refractivity contribution < 1.29 is 55.2 Å². The van der Waals surface area contributed by atoms with Gasteiger partial charge in [0.25, 0.3) is 5.91 Å². The second-order valence-electron chi connectivity index (χ2n) is 9.18. The number of benzene rings is 3. The lowest BCUT2D eigenvalue weighted by Crippen LogP contribution is -2.46. The van der Waals surface area contributed by atoms with Crippen molar-refractivity contribution >= 4 is 25.4 Å². The lowest BCUT2D eigenvalue weighted by molar-refractivity contribution is 0.0816. The van der Waals surface area contributed by atoms with E-state index in [1.54, 1.807) is 6.92 Å². The summed E-state index contributed by atoms with van der Waals surface area (Å²) in [4.78, 5) is 46.3. The van der Waals surface area contributed by atoms with Gasteiger partial charge in [-0.1, -0.05) is 6.07 Å². The summed E-state index contributed by atoms with van der Waals surface area (Å²) >= 11 is 0. The van der Waals surface area contributed by atoms with Crippen molar-refractivity contribution in [3.8, 4) is 5.75 Å². The number of phosphoric ester groups is 1. The van der Waals surface area contributed by atoms with E-state index in [9.17, 15) is 36.1 Å². The number of halogens is 5.